The Hall–Kier alpha value is -8.14. The third-order valence-electron chi connectivity index (χ3n) is 21.0. The smallest absolute Gasteiger partial charge is 1.00 e. The van der Waals surface area contributed by atoms with Crippen LogP contribution in [0.15, 0.2) is 272 Å². The minimum atomic E-state index is -0.926. The summed E-state index contributed by atoms with van der Waals surface area (Å²) in [6, 6.07) is 83.4. The number of aromatic nitrogens is 2. The van der Waals surface area contributed by atoms with Crippen LogP contribution in [-0.4, -0.2) is 194 Å². The molecular weight excluding hydrogens is 2020 g/mol. The zero-order valence-corrected chi connectivity index (χ0v) is 91.2. The Balaban J connectivity index is -0.00000167. The molecule has 1 aliphatic carbocycles. The number of thioether (sulfide) groups is 1. The van der Waals surface area contributed by atoms with Crippen LogP contribution >= 0.6 is 34.4 Å². The number of fused-ring (bicyclic) bond motifs is 2. The van der Waals surface area contributed by atoms with E-state index >= 15 is 0 Å². The number of benzene rings is 10. The van der Waals surface area contributed by atoms with Gasteiger partial charge in [-0.3, -0.25) is 14.6 Å². The molecule has 0 spiro atoms. The average molecular weight is 2140 g/mol. The van der Waals surface area contributed by atoms with Crippen molar-refractivity contribution in [2.24, 2.45) is 4.99 Å². The number of nitrogens with zero attached hydrogens (tertiary/aromatic N) is 8. The molecule has 1 aliphatic heterocycles. The summed E-state index contributed by atoms with van der Waals surface area (Å²) in [5.41, 5.74) is 12.6. The molecule has 8 unspecified atom stereocenters. The molecular formula is C106H124B2N8NaO14S3Y3-3. The van der Waals surface area contributed by atoms with Crippen LogP contribution in [0.1, 0.15) is 153 Å². The molecule has 14 rings (SSSR count). The Morgan fingerprint density at radius 3 is 1.46 bits per heavy atom. The monoisotopic (exact) mass is 2140 g/mol. The number of carboxylic acids is 1. The molecule has 9 atom stereocenters. The summed E-state index contributed by atoms with van der Waals surface area (Å²) in [4.78, 5) is 78.4. The van der Waals surface area contributed by atoms with Gasteiger partial charge in [0.15, 0.2) is 11.0 Å². The van der Waals surface area contributed by atoms with Gasteiger partial charge in [-0.1, -0.05) is 185 Å². The molecule has 31 heteroatoms. The van der Waals surface area contributed by atoms with Gasteiger partial charge in [0, 0.05) is 171 Å². The Kier molecular flexibility index (Phi) is 62.6. The summed E-state index contributed by atoms with van der Waals surface area (Å²) in [5.74, 6) is 1.36. The van der Waals surface area contributed by atoms with Gasteiger partial charge in [-0.05, 0) is 191 Å². The summed E-state index contributed by atoms with van der Waals surface area (Å²) in [6.45, 7) is 12.6. The third kappa shape index (κ3) is 41.5. The van der Waals surface area contributed by atoms with E-state index in [4.69, 9.17) is 39.2 Å². The molecule has 12 aromatic rings. The topological polar surface area (TPSA) is 287 Å². The Labute approximate surface area is 926 Å². The number of aliphatic carboxylic acids is 1. The second-order valence-corrected chi connectivity index (χ2v) is 34.3. The van der Waals surface area contributed by atoms with Crippen molar-refractivity contribution in [2.45, 2.75) is 145 Å². The predicted molar refractivity (Wildman–Crippen MR) is 542 cm³/mol. The average Bonchev–Trinajstić information content (AvgIpc) is 1.67. The molecule has 2 aliphatic rings. The van der Waals surface area contributed by atoms with E-state index in [2.05, 4.69) is 105 Å². The van der Waals surface area contributed by atoms with E-state index in [9.17, 15) is 34.2 Å². The normalized spacial score (nSPS) is 13.8. The van der Waals surface area contributed by atoms with Crippen LogP contribution in [-0.2, 0) is 148 Å². The number of carboxylic acid groups (broad SMARTS) is 1. The molecule has 137 heavy (non-hydrogen) atoms. The van der Waals surface area contributed by atoms with Crippen LogP contribution in [0.2, 0.25) is 0 Å². The van der Waals surface area contributed by atoms with Crippen LogP contribution in [0.25, 0.3) is 20.4 Å². The summed E-state index contributed by atoms with van der Waals surface area (Å²) in [7, 11) is 16.2. The van der Waals surface area contributed by atoms with E-state index in [-0.39, 0.29) is 256 Å². The van der Waals surface area contributed by atoms with Crippen molar-refractivity contribution < 1.29 is 199 Å². The number of hydrogen-bond acceptors (Lipinski definition) is 24. The second-order valence-electron chi connectivity index (χ2n) is 31.2. The van der Waals surface area contributed by atoms with Crippen molar-refractivity contribution in [3.8, 4) is 29.1 Å². The molecule has 709 valence electrons. The fourth-order valence-corrected chi connectivity index (χ4v) is 15.5. The summed E-state index contributed by atoms with van der Waals surface area (Å²) < 4.78 is 31.5. The summed E-state index contributed by atoms with van der Waals surface area (Å²) in [5, 5.41) is 47.2. The van der Waals surface area contributed by atoms with Gasteiger partial charge in [-0.2, -0.15) is 41.7 Å². The molecule has 2 aromatic heterocycles. The van der Waals surface area contributed by atoms with Crippen LogP contribution in [0, 0.1) is 43.4 Å². The molecule has 0 amide bonds. The quantitative estimate of drug-likeness (QED) is 0.00846. The Morgan fingerprint density at radius 1 is 0.577 bits per heavy atom. The van der Waals surface area contributed by atoms with Crippen LogP contribution in [0.4, 0.5) is 0 Å². The van der Waals surface area contributed by atoms with Gasteiger partial charge in [0.25, 0.3) is 0 Å². The first-order valence-electron chi connectivity index (χ1n) is 41.4. The van der Waals surface area contributed by atoms with Gasteiger partial charge in [0.1, 0.15) is 52.5 Å². The molecule has 10 aromatic carbocycles. The molecule has 0 fully saturated rings. The number of aliphatic imine (C=N–C) groups is 1. The summed E-state index contributed by atoms with van der Waals surface area (Å²) >= 11 is 4.17. The van der Waals surface area contributed by atoms with E-state index in [1.807, 2.05) is 252 Å². The third-order valence-corrected chi connectivity index (χ3v) is 24.1. The number of thiazole rings is 2. The molecule has 22 nitrogen and oxygen atoms in total. The number of aldehydes is 1. The van der Waals surface area contributed by atoms with E-state index in [1.54, 1.807) is 36.4 Å². The fourth-order valence-electron chi connectivity index (χ4n) is 12.6. The second kappa shape index (κ2) is 66.5. The number of carbonyl (C=O) groups is 5. The first-order valence-corrected chi connectivity index (χ1v) is 44.1. The molecule has 0 saturated heterocycles. The number of likely N-dealkylation sites (N-methyl/N-ethyl adjacent to an activating group) is 4. The number of aliphatic hydroxyl groups excluding tert-OH is 3. The van der Waals surface area contributed by atoms with Gasteiger partial charge in [-0.15, -0.1) is 82.0 Å². The largest absolute Gasteiger partial charge is 1.00 e. The number of rotatable bonds is 29. The van der Waals surface area contributed by atoms with Crippen molar-refractivity contribution in [2.75, 3.05) is 62.1 Å². The van der Waals surface area contributed by atoms with Crippen LogP contribution in [0.5, 0.6) is 23.0 Å². The number of nitriles is 1. The maximum Gasteiger partial charge on any atom is 1.00 e. The first kappa shape index (κ1) is 129. The zero-order chi connectivity index (χ0) is 92.3. The number of ketones is 1. The van der Waals surface area contributed by atoms with Crippen molar-refractivity contribution in [1.82, 2.24) is 29.6 Å². The van der Waals surface area contributed by atoms with E-state index in [1.165, 1.54) is 52.7 Å². The summed E-state index contributed by atoms with van der Waals surface area (Å²) in [6.07, 6.45) is 8.05. The number of hydrogen-bond donors (Lipinski definition) is 4. The Morgan fingerprint density at radius 2 is 1.04 bits per heavy atom. The minimum absolute atomic E-state index is 0. The standard InChI is InChI=1S/C32H33N3O5S2.C18H22NO2.C18H20NO2.C17H12N2O2S.C11H17NO.C7H5O2.3CH4.2B.Na.3Y.H2.H/c1-19-14-22(11-13-26(19)40-29(20(2)35(3)4)23-8-6-5-7-9-23)17-39-28(36)16-21-10-12-24-27(15-21)42-31(33-24)30-34-25(18-41-30)32(37)38;2*1-14(19(2)3)18(16-7-5-4-6-8-16)21-17-11-9-15(13-20)10-12-17;1-11-2-5-13(6-3-11)21-17(20)9-12-4-7-14-15(8-12)22-16(10-18)19-14;1-9(12(2)3)11(13)10-7-5-4-6-8-10;8-5-6-1-3-7(9)4-2-6;;;;;;;;;;;/h5-15,20,25,29H,16-18H2,1-4H3,(H,37,38);4-11,14,18,20H,13H2,1-3H3;4-11,13-14,18H,1-3H3;2-8H,9H2,1H3;4-9,11,13H,1-3H3;1-3,5,8H;3*1H4;;;;;;;1H;/q;2*-1;;;-1;;;;;;+1;;;;;-1/t20?,25-,29?;;;;;;;;;;;;;;;;/m1................/s1/i;;;;;;;;;;;;;;;1+1;. The van der Waals surface area contributed by atoms with Gasteiger partial charge >= 0.3 is 47.5 Å². The van der Waals surface area contributed by atoms with Crippen molar-refractivity contribution >= 4 is 107 Å². The first-order chi connectivity index (χ1) is 61.5. The molecule has 0 bridgehead atoms. The molecule has 0 saturated carbocycles. The number of ether oxygens (including phenoxy) is 5. The number of aliphatic hydroxyl groups is 3. The fraction of sp³-hybridized carbons (Fsp3) is 0.292. The molecule has 4 N–H and O–H groups in total. The van der Waals surface area contributed by atoms with Gasteiger partial charge in [0.2, 0.25) is 0 Å². The number of aryl methyl sites for hydroxylation is 2. The Bertz CT molecular complexity index is 5770. The van der Waals surface area contributed by atoms with Crippen LogP contribution in [0.3, 0.4) is 0 Å². The zero-order valence-electron chi connectivity index (χ0n) is 79.2. The van der Waals surface area contributed by atoms with Crippen molar-refractivity contribution in [1.29, 1.82) is 5.26 Å². The molecule has 3 heterocycles. The minimum Gasteiger partial charge on any atom is -1.00 e. The van der Waals surface area contributed by atoms with Crippen molar-refractivity contribution in [3.05, 3.63) is 356 Å². The van der Waals surface area contributed by atoms with E-state index < -0.39 is 18.1 Å². The van der Waals surface area contributed by atoms with Crippen molar-refractivity contribution in [3.63, 3.8) is 0 Å². The molecule has 9 radical (unpaired) electrons. The number of esters is 2. The maximum atomic E-state index is 12.7. The predicted octanol–water partition coefficient (Wildman–Crippen LogP) is 17.0. The number of allylic oxidation sites excluding steroid dienone is 5. The van der Waals surface area contributed by atoms with E-state index in [0.29, 0.717) is 49.2 Å². The van der Waals surface area contributed by atoms with Crippen LogP contribution < -0.4 is 48.5 Å². The number of carbonyl (C=O) groups excluding carboxylic acids is 4. The van der Waals surface area contributed by atoms with Gasteiger partial charge < -0.3 is 74.7 Å². The van der Waals surface area contributed by atoms with E-state index in [0.717, 1.165) is 94.4 Å². The van der Waals surface area contributed by atoms with Gasteiger partial charge in [-0.25, -0.2) is 14.8 Å². The maximum absolute atomic E-state index is 12.7. The van der Waals surface area contributed by atoms with Gasteiger partial charge in [0.05, 0.1) is 51.4 Å². The SMILES string of the molecule is C.C.C.CC(C(O)c1ccccc1)N(C)C.CC(C(Oc1[c-]cc(C=O)cc1)c1ccccc1)N(C)C.CC(C(Oc1[c-]cc(CO)cc1)c1ccccc1)N(C)C.Cc1cc(COC(=O)Cc2ccc3nc(C4=N[C@@H](C(=O)O)CS4)sc3c2)ccc1OC(c1ccccc1)C(C)N(C)C.Cc1ccc(OC(=O)Cc2ccc3nc(C#N)sc3c2)cc1.O=C1[C-]=CC(=CO)C=C1.[2HH].[B].[B].[H-].[Na+].[Y].[Y].[Y].